The average molecular weight is 398 g/mol. The first-order chi connectivity index (χ1) is 13.5. The van der Waals surface area contributed by atoms with Crippen molar-refractivity contribution in [3.05, 3.63) is 53.2 Å². The summed E-state index contributed by atoms with van der Waals surface area (Å²) in [5.74, 6) is 0.614. The summed E-state index contributed by atoms with van der Waals surface area (Å²) >= 11 is 1.51. The van der Waals surface area contributed by atoms with Crippen molar-refractivity contribution in [2.24, 2.45) is 0 Å². The minimum atomic E-state index is -0.839. The number of rotatable bonds is 8. The lowest BCUT2D eigenvalue weighted by atomic mass is 10.1. The lowest BCUT2D eigenvalue weighted by Gasteiger charge is -2.15. The van der Waals surface area contributed by atoms with E-state index >= 15 is 0 Å². The number of carboxylic acid groups (broad SMARTS) is 1. The van der Waals surface area contributed by atoms with Gasteiger partial charge in [0.25, 0.3) is 0 Å². The second-order valence-electron chi connectivity index (χ2n) is 6.24. The molecule has 2 heterocycles. The molecule has 0 saturated carbocycles. The highest BCUT2D eigenvalue weighted by molar-refractivity contribution is 7.17. The predicted molar refractivity (Wildman–Crippen MR) is 112 cm³/mol. The van der Waals surface area contributed by atoms with Crippen LogP contribution in [-0.4, -0.2) is 28.2 Å². The van der Waals surface area contributed by atoms with Gasteiger partial charge in [0.05, 0.1) is 18.4 Å². The molecule has 7 heteroatoms. The first kappa shape index (κ1) is 19.8. The largest absolute Gasteiger partial charge is 0.487 e. The number of aromatic nitrogens is 2. The fourth-order valence-electron chi connectivity index (χ4n) is 2.98. The van der Waals surface area contributed by atoms with Gasteiger partial charge in [0, 0.05) is 16.9 Å². The number of benzene rings is 1. The molecule has 0 aliphatic heterocycles. The van der Waals surface area contributed by atoms with Gasteiger partial charge in [-0.05, 0) is 42.7 Å². The molecule has 3 aromatic rings. The van der Waals surface area contributed by atoms with E-state index in [1.165, 1.54) is 11.3 Å². The summed E-state index contributed by atoms with van der Waals surface area (Å²) in [4.78, 5) is 21.3. The number of hydrogen-bond donors (Lipinski definition) is 2. The molecule has 0 aliphatic carbocycles. The third kappa shape index (κ3) is 4.48. The SMILES string of the molecule is CCc1nc(-c2ccc(OC)s2)nc(Nc2ccc(CC(=O)O)cc2)c1CC. The van der Waals surface area contributed by atoms with E-state index in [4.69, 9.17) is 19.8 Å². The quantitative estimate of drug-likeness (QED) is 0.573. The van der Waals surface area contributed by atoms with Crippen molar-refractivity contribution in [2.45, 2.75) is 33.1 Å². The number of nitrogens with one attached hydrogen (secondary N) is 1. The summed E-state index contributed by atoms with van der Waals surface area (Å²) in [7, 11) is 1.65. The second-order valence-corrected chi connectivity index (χ2v) is 7.29. The Hall–Kier alpha value is -2.93. The molecule has 0 unspecified atom stereocenters. The second kappa shape index (κ2) is 8.84. The first-order valence-electron chi connectivity index (χ1n) is 9.15. The number of thiophene rings is 1. The summed E-state index contributed by atoms with van der Waals surface area (Å²) in [6, 6.07) is 11.3. The molecule has 0 saturated heterocycles. The van der Waals surface area contributed by atoms with Crippen molar-refractivity contribution in [3.63, 3.8) is 0 Å². The van der Waals surface area contributed by atoms with Crippen LogP contribution in [0.3, 0.4) is 0 Å². The molecule has 3 rings (SSSR count). The fraction of sp³-hybridized carbons (Fsp3) is 0.286. The smallest absolute Gasteiger partial charge is 0.307 e. The van der Waals surface area contributed by atoms with E-state index in [0.717, 1.165) is 51.1 Å². The third-order valence-corrected chi connectivity index (χ3v) is 5.40. The standard InChI is InChI=1S/C21H23N3O3S/c1-4-15-16(5-2)23-21(17-10-11-19(27-3)28-17)24-20(15)22-14-8-6-13(7-9-14)12-18(25)26/h6-11H,4-5,12H2,1-3H3,(H,25,26)(H,22,23,24). The summed E-state index contributed by atoms with van der Waals surface area (Å²) < 4.78 is 5.29. The molecule has 0 bridgehead atoms. The first-order valence-corrected chi connectivity index (χ1v) is 9.97. The minimum Gasteiger partial charge on any atom is -0.487 e. The Bertz CT molecular complexity index is 968. The molecule has 2 aromatic heterocycles. The summed E-state index contributed by atoms with van der Waals surface area (Å²) in [6.45, 7) is 4.18. The van der Waals surface area contributed by atoms with Gasteiger partial charge in [-0.1, -0.05) is 37.3 Å². The summed E-state index contributed by atoms with van der Waals surface area (Å²) in [5, 5.41) is 13.1. The van der Waals surface area contributed by atoms with E-state index < -0.39 is 5.97 Å². The monoisotopic (exact) mass is 397 g/mol. The molecule has 146 valence electrons. The Morgan fingerprint density at radius 3 is 2.43 bits per heavy atom. The molecule has 28 heavy (non-hydrogen) atoms. The van der Waals surface area contributed by atoms with Crippen LogP contribution in [0, 0.1) is 0 Å². The Kier molecular flexibility index (Phi) is 6.26. The fourth-order valence-corrected chi connectivity index (χ4v) is 3.73. The van der Waals surface area contributed by atoms with Crippen LogP contribution in [0.25, 0.3) is 10.7 Å². The molecule has 1 aromatic carbocycles. The van der Waals surface area contributed by atoms with Gasteiger partial charge in [-0.15, -0.1) is 0 Å². The van der Waals surface area contributed by atoms with Gasteiger partial charge in [-0.3, -0.25) is 4.79 Å². The molecular formula is C21H23N3O3S. The number of ether oxygens (including phenoxy) is 1. The van der Waals surface area contributed by atoms with E-state index in [0.29, 0.717) is 5.82 Å². The van der Waals surface area contributed by atoms with Crippen molar-refractivity contribution in [1.82, 2.24) is 9.97 Å². The van der Waals surface area contributed by atoms with E-state index in [1.807, 2.05) is 36.4 Å². The van der Waals surface area contributed by atoms with Crippen LogP contribution in [0.4, 0.5) is 11.5 Å². The van der Waals surface area contributed by atoms with Crippen molar-refractivity contribution >= 4 is 28.8 Å². The highest BCUT2D eigenvalue weighted by atomic mass is 32.1. The summed E-state index contributed by atoms with van der Waals surface area (Å²) in [6.07, 6.45) is 1.64. The van der Waals surface area contributed by atoms with E-state index in [-0.39, 0.29) is 6.42 Å². The highest BCUT2D eigenvalue weighted by Crippen LogP contribution is 2.33. The maximum atomic E-state index is 10.9. The Labute approximate surface area is 168 Å². The van der Waals surface area contributed by atoms with Crippen molar-refractivity contribution in [3.8, 4) is 15.8 Å². The summed E-state index contributed by atoms with van der Waals surface area (Å²) in [5.41, 5.74) is 3.73. The molecule has 6 nitrogen and oxygen atoms in total. The molecule has 0 aliphatic rings. The minimum absolute atomic E-state index is 0.0122. The molecule has 0 atom stereocenters. The van der Waals surface area contributed by atoms with Gasteiger partial charge in [0.15, 0.2) is 10.9 Å². The van der Waals surface area contributed by atoms with Crippen LogP contribution in [0.1, 0.15) is 30.7 Å². The van der Waals surface area contributed by atoms with Crippen LogP contribution >= 0.6 is 11.3 Å². The van der Waals surface area contributed by atoms with E-state index in [9.17, 15) is 4.79 Å². The molecule has 0 radical (unpaired) electrons. The maximum Gasteiger partial charge on any atom is 0.307 e. The lowest BCUT2D eigenvalue weighted by molar-refractivity contribution is -0.136. The van der Waals surface area contributed by atoms with Gasteiger partial charge < -0.3 is 15.2 Å². The molecule has 0 fully saturated rings. The number of methoxy groups -OCH3 is 1. The van der Waals surface area contributed by atoms with Crippen LogP contribution in [0.15, 0.2) is 36.4 Å². The number of hydrogen-bond acceptors (Lipinski definition) is 6. The number of nitrogens with zero attached hydrogens (tertiary/aromatic N) is 2. The zero-order valence-corrected chi connectivity index (χ0v) is 17.0. The number of aryl methyl sites for hydroxylation is 1. The lowest BCUT2D eigenvalue weighted by Crippen LogP contribution is -2.07. The number of carboxylic acids is 1. The third-order valence-electron chi connectivity index (χ3n) is 4.36. The van der Waals surface area contributed by atoms with Gasteiger partial charge in [0.1, 0.15) is 5.82 Å². The van der Waals surface area contributed by atoms with Crippen molar-refractivity contribution in [2.75, 3.05) is 12.4 Å². The predicted octanol–water partition coefficient (Wildman–Crippen LogP) is 4.71. The topological polar surface area (TPSA) is 84.3 Å². The van der Waals surface area contributed by atoms with Gasteiger partial charge in [-0.2, -0.15) is 0 Å². The molecule has 0 spiro atoms. The van der Waals surface area contributed by atoms with Crippen molar-refractivity contribution in [1.29, 1.82) is 0 Å². The normalized spacial score (nSPS) is 10.7. The number of carbonyl (C=O) groups is 1. The van der Waals surface area contributed by atoms with E-state index in [2.05, 4.69) is 19.2 Å². The maximum absolute atomic E-state index is 10.9. The zero-order valence-electron chi connectivity index (χ0n) is 16.2. The van der Waals surface area contributed by atoms with Crippen LogP contribution in [0.5, 0.6) is 5.06 Å². The van der Waals surface area contributed by atoms with Gasteiger partial charge in [0.2, 0.25) is 0 Å². The number of anilines is 2. The van der Waals surface area contributed by atoms with Gasteiger partial charge in [-0.25, -0.2) is 9.97 Å². The molecule has 0 amide bonds. The van der Waals surface area contributed by atoms with Crippen LogP contribution in [-0.2, 0) is 24.1 Å². The molecule has 2 N–H and O–H groups in total. The van der Waals surface area contributed by atoms with Gasteiger partial charge >= 0.3 is 5.97 Å². The Morgan fingerprint density at radius 2 is 1.86 bits per heavy atom. The Balaban J connectivity index is 1.96. The van der Waals surface area contributed by atoms with Crippen LogP contribution < -0.4 is 10.1 Å². The van der Waals surface area contributed by atoms with E-state index in [1.54, 1.807) is 7.11 Å². The average Bonchev–Trinajstić information content (AvgIpc) is 3.17. The molecular weight excluding hydrogens is 374 g/mol. The zero-order chi connectivity index (χ0) is 20.1. The van der Waals surface area contributed by atoms with Crippen molar-refractivity contribution < 1.29 is 14.6 Å². The van der Waals surface area contributed by atoms with Crippen LogP contribution in [0.2, 0.25) is 0 Å². The number of aliphatic carboxylic acids is 1. The Morgan fingerprint density at radius 1 is 1.11 bits per heavy atom. The highest BCUT2D eigenvalue weighted by Gasteiger charge is 2.15.